The SMILES string of the molecule is O=C(Nc1cn[nH]c1)C1CCCN1c1nccs1. The number of anilines is 2. The van der Waals surface area contributed by atoms with E-state index in [1.54, 1.807) is 29.9 Å². The molecule has 94 valence electrons. The highest BCUT2D eigenvalue weighted by Gasteiger charge is 2.32. The molecule has 1 saturated heterocycles. The molecule has 3 heterocycles. The molecule has 1 atom stereocenters. The fourth-order valence-electron chi connectivity index (χ4n) is 2.17. The molecule has 7 heteroatoms. The van der Waals surface area contributed by atoms with Gasteiger partial charge in [0.1, 0.15) is 6.04 Å². The number of amides is 1. The molecule has 0 saturated carbocycles. The van der Waals surface area contributed by atoms with E-state index in [2.05, 4.69) is 25.4 Å². The van der Waals surface area contributed by atoms with Crippen molar-refractivity contribution in [2.24, 2.45) is 0 Å². The number of hydrogen-bond donors (Lipinski definition) is 2. The molecule has 18 heavy (non-hydrogen) atoms. The summed E-state index contributed by atoms with van der Waals surface area (Å²) in [7, 11) is 0. The van der Waals surface area contributed by atoms with Gasteiger partial charge < -0.3 is 10.2 Å². The molecular weight excluding hydrogens is 250 g/mol. The van der Waals surface area contributed by atoms with Gasteiger partial charge in [-0.1, -0.05) is 0 Å². The lowest BCUT2D eigenvalue weighted by atomic mass is 10.2. The lowest BCUT2D eigenvalue weighted by Gasteiger charge is -2.22. The van der Waals surface area contributed by atoms with E-state index in [0.717, 1.165) is 24.5 Å². The third kappa shape index (κ3) is 2.08. The zero-order valence-corrected chi connectivity index (χ0v) is 10.5. The highest BCUT2D eigenvalue weighted by atomic mass is 32.1. The first-order chi connectivity index (χ1) is 8.84. The van der Waals surface area contributed by atoms with Crippen LogP contribution in [0.4, 0.5) is 10.8 Å². The van der Waals surface area contributed by atoms with E-state index in [-0.39, 0.29) is 11.9 Å². The van der Waals surface area contributed by atoms with Crippen LogP contribution in [-0.2, 0) is 4.79 Å². The minimum absolute atomic E-state index is 0.00380. The molecule has 0 aromatic carbocycles. The van der Waals surface area contributed by atoms with Crippen molar-refractivity contribution >= 4 is 28.1 Å². The number of hydrogen-bond acceptors (Lipinski definition) is 5. The number of rotatable bonds is 3. The van der Waals surface area contributed by atoms with Crippen LogP contribution >= 0.6 is 11.3 Å². The second-order valence-corrected chi connectivity index (χ2v) is 5.02. The molecule has 1 unspecified atom stereocenters. The van der Waals surface area contributed by atoms with Crippen molar-refractivity contribution in [1.29, 1.82) is 0 Å². The zero-order chi connectivity index (χ0) is 12.4. The highest BCUT2D eigenvalue weighted by molar-refractivity contribution is 7.13. The Kier molecular flexibility index (Phi) is 2.97. The molecule has 1 aliphatic rings. The molecule has 1 fully saturated rings. The normalized spacial score (nSPS) is 19.1. The predicted molar refractivity (Wildman–Crippen MR) is 69.7 cm³/mol. The number of H-pyrrole nitrogens is 1. The summed E-state index contributed by atoms with van der Waals surface area (Å²) in [5, 5.41) is 12.2. The lowest BCUT2D eigenvalue weighted by Crippen LogP contribution is -2.39. The van der Waals surface area contributed by atoms with Crippen LogP contribution in [0.3, 0.4) is 0 Å². The Hall–Kier alpha value is -1.89. The Morgan fingerprint density at radius 2 is 2.56 bits per heavy atom. The van der Waals surface area contributed by atoms with E-state index in [1.165, 1.54) is 0 Å². The summed E-state index contributed by atoms with van der Waals surface area (Å²) in [4.78, 5) is 18.5. The van der Waals surface area contributed by atoms with Crippen LogP contribution in [0.15, 0.2) is 24.0 Å². The van der Waals surface area contributed by atoms with Gasteiger partial charge in [0.25, 0.3) is 0 Å². The second-order valence-electron chi connectivity index (χ2n) is 4.14. The number of nitrogens with one attached hydrogen (secondary N) is 2. The summed E-state index contributed by atoms with van der Waals surface area (Å²) >= 11 is 1.57. The summed E-state index contributed by atoms with van der Waals surface area (Å²) in [5.41, 5.74) is 0.700. The molecular formula is C11H13N5OS. The predicted octanol–water partition coefficient (Wildman–Crippen LogP) is 1.47. The molecule has 0 spiro atoms. The molecule has 6 nitrogen and oxygen atoms in total. The molecule has 1 aliphatic heterocycles. The number of carbonyl (C=O) groups excluding carboxylic acids is 1. The summed E-state index contributed by atoms with van der Waals surface area (Å²) in [6.45, 7) is 0.886. The van der Waals surface area contributed by atoms with Crippen molar-refractivity contribution in [2.45, 2.75) is 18.9 Å². The first-order valence-electron chi connectivity index (χ1n) is 5.80. The monoisotopic (exact) mass is 263 g/mol. The van der Waals surface area contributed by atoms with Crippen LogP contribution < -0.4 is 10.2 Å². The van der Waals surface area contributed by atoms with E-state index >= 15 is 0 Å². The summed E-state index contributed by atoms with van der Waals surface area (Å²) in [6.07, 6.45) is 6.91. The van der Waals surface area contributed by atoms with Gasteiger partial charge in [0, 0.05) is 24.3 Å². The Morgan fingerprint density at radius 3 is 3.28 bits per heavy atom. The summed E-state index contributed by atoms with van der Waals surface area (Å²) in [5.74, 6) is 0.00380. The van der Waals surface area contributed by atoms with Gasteiger partial charge in [-0.25, -0.2) is 4.98 Å². The standard InChI is InChI=1S/C11H13N5OS/c17-10(15-8-6-13-14-7-8)9-2-1-4-16(9)11-12-3-5-18-11/h3,5-7,9H,1-2,4H2,(H,13,14)(H,15,17). The zero-order valence-electron chi connectivity index (χ0n) is 9.67. The van der Waals surface area contributed by atoms with Gasteiger partial charge in [0.15, 0.2) is 5.13 Å². The van der Waals surface area contributed by atoms with Crippen molar-refractivity contribution in [2.75, 3.05) is 16.8 Å². The van der Waals surface area contributed by atoms with Gasteiger partial charge in [0.2, 0.25) is 5.91 Å². The van der Waals surface area contributed by atoms with Crippen LogP contribution in [-0.4, -0.2) is 33.7 Å². The van der Waals surface area contributed by atoms with Gasteiger partial charge >= 0.3 is 0 Å². The van der Waals surface area contributed by atoms with E-state index in [0.29, 0.717) is 5.69 Å². The largest absolute Gasteiger partial charge is 0.336 e. The lowest BCUT2D eigenvalue weighted by molar-refractivity contribution is -0.117. The van der Waals surface area contributed by atoms with Gasteiger partial charge in [-0.2, -0.15) is 5.10 Å². The summed E-state index contributed by atoms with van der Waals surface area (Å²) in [6, 6.07) is -0.133. The number of carbonyl (C=O) groups is 1. The highest BCUT2D eigenvalue weighted by Crippen LogP contribution is 2.27. The number of aromatic nitrogens is 3. The Labute approximate surface area is 108 Å². The maximum Gasteiger partial charge on any atom is 0.247 e. The quantitative estimate of drug-likeness (QED) is 0.879. The van der Waals surface area contributed by atoms with Crippen molar-refractivity contribution in [3.8, 4) is 0 Å². The van der Waals surface area contributed by atoms with Crippen LogP contribution in [0.2, 0.25) is 0 Å². The molecule has 3 rings (SSSR count). The molecule has 2 aromatic heterocycles. The molecule has 0 aliphatic carbocycles. The van der Waals surface area contributed by atoms with E-state index < -0.39 is 0 Å². The molecule has 0 radical (unpaired) electrons. The average molecular weight is 263 g/mol. The van der Waals surface area contributed by atoms with Gasteiger partial charge in [-0.15, -0.1) is 11.3 Å². The third-order valence-corrected chi connectivity index (χ3v) is 3.79. The Bertz CT molecular complexity index is 510. The van der Waals surface area contributed by atoms with Crippen molar-refractivity contribution in [1.82, 2.24) is 15.2 Å². The van der Waals surface area contributed by atoms with E-state index in [1.807, 2.05) is 5.38 Å². The molecule has 2 aromatic rings. The van der Waals surface area contributed by atoms with Crippen LogP contribution in [0, 0.1) is 0 Å². The second kappa shape index (κ2) is 4.77. The van der Waals surface area contributed by atoms with Gasteiger partial charge in [-0.3, -0.25) is 9.89 Å². The van der Waals surface area contributed by atoms with E-state index in [9.17, 15) is 4.79 Å². The van der Waals surface area contributed by atoms with Crippen molar-refractivity contribution < 1.29 is 4.79 Å². The summed E-state index contributed by atoms with van der Waals surface area (Å²) < 4.78 is 0. The van der Waals surface area contributed by atoms with Crippen molar-refractivity contribution in [3.05, 3.63) is 24.0 Å². The van der Waals surface area contributed by atoms with Gasteiger partial charge in [0.05, 0.1) is 11.9 Å². The smallest absolute Gasteiger partial charge is 0.247 e. The topological polar surface area (TPSA) is 73.9 Å². The number of aromatic amines is 1. The van der Waals surface area contributed by atoms with Crippen LogP contribution in [0.25, 0.3) is 0 Å². The maximum absolute atomic E-state index is 12.2. The first-order valence-corrected chi connectivity index (χ1v) is 6.68. The molecule has 2 N–H and O–H groups in total. The minimum atomic E-state index is -0.133. The fourth-order valence-corrected chi connectivity index (χ4v) is 2.89. The third-order valence-electron chi connectivity index (χ3n) is 2.99. The minimum Gasteiger partial charge on any atom is -0.336 e. The van der Waals surface area contributed by atoms with Gasteiger partial charge in [-0.05, 0) is 12.8 Å². The number of nitrogens with zero attached hydrogens (tertiary/aromatic N) is 3. The Morgan fingerprint density at radius 1 is 1.61 bits per heavy atom. The van der Waals surface area contributed by atoms with E-state index in [4.69, 9.17) is 0 Å². The average Bonchev–Trinajstić information content (AvgIpc) is 3.11. The Balaban J connectivity index is 1.73. The van der Waals surface area contributed by atoms with Crippen molar-refractivity contribution in [3.63, 3.8) is 0 Å². The first kappa shape index (κ1) is 11.2. The van der Waals surface area contributed by atoms with Crippen LogP contribution in [0.1, 0.15) is 12.8 Å². The number of thiazole rings is 1. The molecule has 1 amide bonds. The van der Waals surface area contributed by atoms with Crippen LogP contribution in [0.5, 0.6) is 0 Å². The molecule has 0 bridgehead atoms. The fraction of sp³-hybridized carbons (Fsp3) is 0.364. The maximum atomic E-state index is 12.2.